The van der Waals surface area contributed by atoms with E-state index in [1.165, 1.54) is 11.3 Å². The highest BCUT2D eigenvalue weighted by atomic mass is 32.1. The highest BCUT2D eigenvalue weighted by Crippen LogP contribution is 2.28. The predicted molar refractivity (Wildman–Crippen MR) is 132 cm³/mol. The highest BCUT2D eigenvalue weighted by Gasteiger charge is 2.14. The van der Waals surface area contributed by atoms with Crippen molar-refractivity contribution in [3.8, 4) is 0 Å². The molecule has 0 fully saturated rings. The Morgan fingerprint density at radius 1 is 0.812 bits per heavy atom. The minimum atomic E-state index is -0.360. The molecule has 0 aliphatic rings. The Labute approximate surface area is 190 Å². The van der Waals surface area contributed by atoms with Crippen LogP contribution in [0.25, 0.3) is 10.2 Å². The lowest BCUT2D eigenvalue weighted by Crippen LogP contribution is -2.19. The summed E-state index contributed by atoms with van der Waals surface area (Å²) < 4.78 is 0.821. The predicted octanol–water partition coefficient (Wildman–Crippen LogP) is 6.43. The van der Waals surface area contributed by atoms with Gasteiger partial charge in [0.1, 0.15) is 0 Å². The number of anilines is 3. The van der Waals surface area contributed by atoms with Gasteiger partial charge in [0.2, 0.25) is 0 Å². The van der Waals surface area contributed by atoms with Gasteiger partial charge >= 0.3 is 6.03 Å². The van der Waals surface area contributed by atoms with E-state index in [0.29, 0.717) is 10.7 Å². The fourth-order valence-electron chi connectivity index (χ4n) is 3.65. The molecular weight excluding hydrogens is 420 g/mol. The molecule has 0 aliphatic heterocycles. The van der Waals surface area contributed by atoms with Gasteiger partial charge in [-0.25, -0.2) is 9.78 Å². The number of carbonyl (C=O) groups excluding carboxylic acids is 2. The summed E-state index contributed by atoms with van der Waals surface area (Å²) in [4.78, 5) is 29.7. The number of nitrogens with one attached hydrogen (secondary N) is 3. The average molecular weight is 445 g/mol. The van der Waals surface area contributed by atoms with E-state index in [1.807, 2.05) is 52.0 Å². The summed E-state index contributed by atoms with van der Waals surface area (Å²) in [5.41, 5.74) is 7.03. The normalized spacial score (nSPS) is 10.8. The number of carbonyl (C=O) groups is 2. The Hall–Kier alpha value is -3.71. The third-order valence-electron chi connectivity index (χ3n) is 5.18. The lowest BCUT2D eigenvalue weighted by atomic mass is 10.0. The smallest absolute Gasteiger partial charge is 0.322 e. The number of aryl methyl sites for hydroxylation is 4. The largest absolute Gasteiger partial charge is 0.325 e. The summed E-state index contributed by atoms with van der Waals surface area (Å²) in [5.74, 6) is -0.179. The Kier molecular flexibility index (Phi) is 5.92. The van der Waals surface area contributed by atoms with Crippen molar-refractivity contribution in [2.45, 2.75) is 27.7 Å². The first-order chi connectivity index (χ1) is 15.3. The zero-order valence-electron chi connectivity index (χ0n) is 18.4. The maximum atomic E-state index is 12.9. The monoisotopic (exact) mass is 444 g/mol. The minimum Gasteiger partial charge on any atom is -0.322 e. The van der Waals surface area contributed by atoms with Crippen molar-refractivity contribution in [3.05, 3.63) is 82.4 Å². The summed E-state index contributed by atoms with van der Waals surface area (Å²) in [5, 5.41) is 9.09. The molecule has 4 rings (SSSR count). The van der Waals surface area contributed by atoms with Crippen molar-refractivity contribution < 1.29 is 9.59 Å². The van der Waals surface area contributed by atoms with Crippen molar-refractivity contribution in [2.24, 2.45) is 0 Å². The molecule has 0 saturated carbocycles. The first-order valence-corrected chi connectivity index (χ1v) is 11.1. The summed E-state index contributed by atoms with van der Waals surface area (Å²) >= 11 is 1.32. The molecule has 1 aromatic heterocycles. The van der Waals surface area contributed by atoms with Gasteiger partial charge in [0.15, 0.2) is 5.13 Å². The molecule has 0 bridgehead atoms. The average Bonchev–Trinajstić information content (AvgIpc) is 3.13. The van der Waals surface area contributed by atoms with Gasteiger partial charge in [-0.05, 0) is 68.7 Å². The Morgan fingerprint density at radius 2 is 1.53 bits per heavy atom. The van der Waals surface area contributed by atoms with Gasteiger partial charge in [-0.3, -0.25) is 10.1 Å². The molecule has 0 aliphatic carbocycles. The van der Waals surface area contributed by atoms with Gasteiger partial charge in [-0.15, -0.1) is 0 Å². The van der Waals surface area contributed by atoms with E-state index >= 15 is 0 Å². The van der Waals surface area contributed by atoms with Gasteiger partial charge in [0.05, 0.1) is 10.2 Å². The van der Waals surface area contributed by atoms with Crippen molar-refractivity contribution in [2.75, 3.05) is 16.0 Å². The first-order valence-electron chi connectivity index (χ1n) is 10.2. The molecule has 32 heavy (non-hydrogen) atoms. The van der Waals surface area contributed by atoms with E-state index in [4.69, 9.17) is 0 Å². The number of nitrogens with zero attached hydrogens (tertiary/aromatic N) is 1. The van der Waals surface area contributed by atoms with Crippen LogP contribution in [-0.4, -0.2) is 16.9 Å². The quantitative estimate of drug-likeness (QED) is 0.339. The van der Waals surface area contributed by atoms with Crippen LogP contribution in [0.15, 0.2) is 54.6 Å². The van der Waals surface area contributed by atoms with Gasteiger partial charge in [-0.2, -0.15) is 0 Å². The number of para-hydroxylation sites is 1. The van der Waals surface area contributed by atoms with E-state index in [0.717, 1.165) is 43.8 Å². The molecule has 0 atom stereocenters. The van der Waals surface area contributed by atoms with Crippen LogP contribution in [-0.2, 0) is 0 Å². The SMILES string of the molecule is Cc1cc(C)c(NC(=O)c2ccc3nc(NC(=O)Nc4ccccc4C)sc3c2)c(C)c1. The van der Waals surface area contributed by atoms with Crippen molar-refractivity contribution in [3.63, 3.8) is 0 Å². The Morgan fingerprint density at radius 3 is 2.25 bits per heavy atom. The summed E-state index contributed by atoms with van der Waals surface area (Å²) in [6, 6.07) is 16.6. The molecule has 3 aromatic carbocycles. The van der Waals surface area contributed by atoms with E-state index in [-0.39, 0.29) is 11.9 Å². The summed E-state index contributed by atoms with van der Waals surface area (Å²) in [6.07, 6.45) is 0. The van der Waals surface area contributed by atoms with Crippen LogP contribution in [0.1, 0.15) is 32.6 Å². The van der Waals surface area contributed by atoms with E-state index < -0.39 is 0 Å². The summed E-state index contributed by atoms with van der Waals surface area (Å²) in [6.45, 7) is 7.94. The third-order valence-corrected chi connectivity index (χ3v) is 6.11. The number of aromatic nitrogens is 1. The van der Waals surface area contributed by atoms with E-state index in [9.17, 15) is 9.59 Å². The van der Waals surface area contributed by atoms with Crippen molar-refractivity contribution in [1.82, 2.24) is 4.98 Å². The van der Waals surface area contributed by atoms with Gasteiger partial charge < -0.3 is 10.6 Å². The number of amides is 3. The van der Waals surface area contributed by atoms with Crippen molar-refractivity contribution in [1.29, 1.82) is 0 Å². The van der Waals surface area contributed by atoms with E-state index in [1.54, 1.807) is 18.2 Å². The fourth-order valence-corrected chi connectivity index (χ4v) is 4.55. The lowest BCUT2D eigenvalue weighted by molar-refractivity contribution is 0.102. The molecule has 1 heterocycles. The summed E-state index contributed by atoms with van der Waals surface area (Å²) in [7, 11) is 0. The minimum absolute atomic E-state index is 0.179. The maximum Gasteiger partial charge on any atom is 0.325 e. The standard InChI is InChI=1S/C25H24N4O2S/c1-14-11-16(3)22(17(4)12-14)28-23(30)18-9-10-20-21(13-18)32-25(27-20)29-24(31)26-19-8-6-5-7-15(19)2/h5-13H,1-4H3,(H,28,30)(H2,26,27,29,31). The molecule has 4 aromatic rings. The van der Waals surface area contributed by atoms with Gasteiger partial charge in [-0.1, -0.05) is 47.2 Å². The van der Waals surface area contributed by atoms with Crippen LogP contribution in [0.5, 0.6) is 0 Å². The second kappa shape index (κ2) is 8.80. The number of hydrogen-bond acceptors (Lipinski definition) is 4. The second-order valence-corrected chi connectivity index (χ2v) is 8.85. The first kappa shape index (κ1) is 21.5. The maximum absolute atomic E-state index is 12.9. The number of urea groups is 1. The van der Waals surface area contributed by atoms with Crippen LogP contribution in [0.4, 0.5) is 21.3 Å². The van der Waals surface area contributed by atoms with Gasteiger partial charge in [0, 0.05) is 16.9 Å². The molecule has 0 radical (unpaired) electrons. The topological polar surface area (TPSA) is 83.1 Å². The molecule has 3 N–H and O–H groups in total. The van der Waals surface area contributed by atoms with Crippen molar-refractivity contribution >= 4 is 50.0 Å². The molecule has 7 heteroatoms. The Balaban J connectivity index is 1.50. The lowest BCUT2D eigenvalue weighted by Gasteiger charge is -2.12. The molecule has 162 valence electrons. The van der Waals surface area contributed by atoms with Crippen LogP contribution in [0, 0.1) is 27.7 Å². The van der Waals surface area contributed by atoms with Crippen LogP contribution < -0.4 is 16.0 Å². The zero-order chi connectivity index (χ0) is 22.8. The zero-order valence-corrected chi connectivity index (χ0v) is 19.2. The van der Waals surface area contributed by atoms with Crippen LogP contribution in [0.3, 0.4) is 0 Å². The number of fused-ring (bicyclic) bond motifs is 1. The molecule has 0 spiro atoms. The molecule has 3 amide bonds. The molecule has 0 unspecified atom stereocenters. The number of hydrogen-bond donors (Lipinski definition) is 3. The highest BCUT2D eigenvalue weighted by molar-refractivity contribution is 7.22. The Bertz CT molecular complexity index is 1320. The van der Waals surface area contributed by atoms with Gasteiger partial charge in [0.25, 0.3) is 5.91 Å². The molecular formula is C25H24N4O2S. The molecule has 6 nitrogen and oxygen atoms in total. The third kappa shape index (κ3) is 4.63. The van der Waals surface area contributed by atoms with Crippen LogP contribution in [0.2, 0.25) is 0 Å². The van der Waals surface area contributed by atoms with E-state index in [2.05, 4.69) is 33.1 Å². The second-order valence-electron chi connectivity index (χ2n) is 7.82. The fraction of sp³-hybridized carbons (Fsp3) is 0.160. The number of benzene rings is 3. The van der Waals surface area contributed by atoms with Crippen LogP contribution >= 0.6 is 11.3 Å². The molecule has 0 saturated heterocycles. The number of thiazole rings is 1. The number of rotatable bonds is 4.